The maximum atomic E-state index is 16.2. The molecule has 16 heteroatoms. The third-order valence-corrected chi connectivity index (χ3v) is 9.56. The zero-order chi connectivity index (χ0) is 31.8. The molecule has 0 spiro atoms. The van der Waals surface area contributed by atoms with Crippen LogP contribution in [0, 0.1) is 0 Å². The summed E-state index contributed by atoms with van der Waals surface area (Å²) in [4.78, 5) is 25.3. The highest BCUT2D eigenvalue weighted by molar-refractivity contribution is 8.09. The Morgan fingerprint density at radius 2 is 1.98 bits per heavy atom. The van der Waals surface area contributed by atoms with Crippen molar-refractivity contribution in [2.45, 2.75) is 63.9 Å². The molecule has 236 valence electrons. The molecule has 0 saturated carbocycles. The number of hydrogen-bond donors (Lipinski definition) is 4. The lowest BCUT2D eigenvalue weighted by molar-refractivity contribution is -0.149. The number of aromatic nitrogens is 4. The second kappa shape index (κ2) is 12.5. The Balaban J connectivity index is 1.42. The number of hydrogen-bond acceptors (Lipinski definition) is 12. The van der Waals surface area contributed by atoms with E-state index in [0.29, 0.717) is 17.1 Å². The van der Waals surface area contributed by atoms with E-state index in [0.717, 1.165) is 10.8 Å². The van der Waals surface area contributed by atoms with Gasteiger partial charge in [-0.05, 0) is 51.0 Å². The normalized spacial score (nSPS) is 24.0. The second-order valence-corrected chi connectivity index (χ2v) is 14.0. The Morgan fingerprint density at radius 3 is 2.70 bits per heavy atom. The Bertz CT molecular complexity index is 1720. The van der Waals surface area contributed by atoms with E-state index in [9.17, 15) is 9.90 Å². The van der Waals surface area contributed by atoms with Crippen LogP contribution in [0.25, 0.3) is 21.9 Å². The van der Waals surface area contributed by atoms with Gasteiger partial charge in [-0.1, -0.05) is 36.4 Å². The first-order valence-corrected chi connectivity index (χ1v) is 16.6. The molecule has 5 rings (SSSR count). The zero-order valence-electron chi connectivity index (χ0n) is 24.8. The van der Waals surface area contributed by atoms with Gasteiger partial charge in [0.15, 0.2) is 28.9 Å². The summed E-state index contributed by atoms with van der Waals surface area (Å²) < 4.78 is 41.3. The van der Waals surface area contributed by atoms with E-state index in [1.165, 1.54) is 17.8 Å². The number of anilines is 2. The number of carbonyl (C=O) groups excluding carboxylic acids is 1. The Kier molecular flexibility index (Phi) is 9.08. The number of fused-ring (bicyclic) bond motifs is 2. The molecule has 0 aliphatic carbocycles. The molecule has 0 amide bonds. The Hall–Kier alpha value is -3.46. The van der Waals surface area contributed by atoms with E-state index in [1.54, 1.807) is 33.9 Å². The zero-order valence-corrected chi connectivity index (χ0v) is 26.5. The molecule has 0 radical (unpaired) electrons. The molecule has 6 atom stereocenters. The van der Waals surface area contributed by atoms with Gasteiger partial charge in [0.2, 0.25) is 5.95 Å². The van der Waals surface area contributed by atoms with Crippen LogP contribution in [0.3, 0.4) is 0 Å². The summed E-state index contributed by atoms with van der Waals surface area (Å²) in [5.41, 5.74) is 4.12. The van der Waals surface area contributed by atoms with E-state index in [-0.39, 0.29) is 24.3 Å². The molecule has 13 nitrogen and oxygen atoms in total. The maximum Gasteiger partial charge on any atom is 0.323 e. The molecule has 0 bridgehead atoms. The summed E-state index contributed by atoms with van der Waals surface area (Å²) in [6.07, 6.45) is -3.18. The fourth-order valence-electron chi connectivity index (χ4n) is 4.92. The summed E-state index contributed by atoms with van der Waals surface area (Å²) in [5.74, 6) is 0.173. The molecular weight excluding hydrogens is 612 g/mol. The molecule has 4 aromatic rings. The van der Waals surface area contributed by atoms with Crippen LogP contribution >= 0.6 is 6.64 Å². The minimum atomic E-state index is -3.55. The van der Waals surface area contributed by atoms with Gasteiger partial charge in [0.05, 0.1) is 19.0 Å². The monoisotopic (exact) mass is 647 g/mol. The number of ether oxygens (including phenoxy) is 2. The smallest absolute Gasteiger partial charge is 0.323 e. The Labute approximate surface area is 258 Å². The molecule has 1 saturated heterocycles. The number of nitrogens with two attached hydrogens (primary N) is 1. The quantitative estimate of drug-likeness (QED) is 0.137. The maximum absolute atomic E-state index is 16.2. The number of nitrogen functional groups attached to an aromatic ring is 1. The standard InChI is InChI=1S/C28H35FN7O6PS/c1-15(2)40-25(38)16(3)35-43(44,42-19-12-8-10-17-9-6-7-11-18(17)19)39-13-20-22(37)28(4,29)26(41-20)36-14-32-21-23(31-5)33-27(30)34-24(21)36/h6-12,14-16,20,22,26,37H,13H2,1-5H3,(H,35,44)(H3,30,31,33,34)/t16-,20?,22+,26?,28+,43+/m0/s1. The number of alkyl halides is 1. The first-order valence-electron chi connectivity index (χ1n) is 13.9. The van der Waals surface area contributed by atoms with Gasteiger partial charge in [0, 0.05) is 12.4 Å². The van der Waals surface area contributed by atoms with Gasteiger partial charge in [-0.15, -0.1) is 0 Å². The van der Waals surface area contributed by atoms with E-state index >= 15 is 4.39 Å². The van der Waals surface area contributed by atoms with Crippen molar-refractivity contribution >= 4 is 58.1 Å². The van der Waals surface area contributed by atoms with Gasteiger partial charge >= 0.3 is 12.6 Å². The fraction of sp³-hybridized carbons (Fsp3) is 0.429. The second-order valence-electron chi connectivity index (χ2n) is 10.8. The fourth-order valence-corrected chi connectivity index (χ4v) is 7.34. The Morgan fingerprint density at radius 1 is 1.25 bits per heavy atom. The molecule has 1 aliphatic rings. The van der Waals surface area contributed by atoms with Gasteiger partial charge < -0.3 is 34.7 Å². The first-order chi connectivity index (χ1) is 20.8. The number of imidazole rings is 1. The number of esters is 1. The molecule has 1 aliphatic heterocycles. The van der Waals surface area contributed by atoms with Crippen molar-refractivity contribution in [3.05, 3.63) is 48.8 Å². The molecule has 2 aromatic carbocycles. The number of halogens is 1. The van der Waals surface area contributed by atoms with Crippen molar-refractivity contribution in [2.75, 3.05) is 24.7 Å². The number of aliphatic hydroxyl groups is 1. The third kappa shape index (κ3) is 6.34. The molecule has 3 heterocycles. The van der Waals surface area contributed by atoms with Crippen LogP contribution in [-0.2, 0) is 30.6 Å². The van der Waals surface area contributed by atoms with Crippen LogP contribution in [0.1, 0.15) is 33.9 Å². The predicted molar refractivity (Wildman–Crippen MR) is 167 cm³/mol. The number of carbonyl (C=O) groups is 1. The predicted octanol–water partition coefficient (Wildman–Crippen LogP) is 3.84. The first kappa shape index (κ1) is 31.9. The van der Waals surface area contributed by atoms with Crippen LogP contribution in [-0.4, -0.2) is 74.3 Å². The molecule has 2 aromatic heterocycles. The van der Waals surface area contributed by atoms with Crippen LogP contribution in [0.2, 0.25) is 0 Å². The highest BCUT2D eigenvalue weighted by Crippen LogP contribution is 2.49. The van der Waals surface area contributed by atoms with Crippen molar-refractivity contribution < 1.29 is 32.8 Å². The third-order valence-electron chi connectivity index (χ3n) is 7.08. The number of nitrogens with zero attached hydrogens (tertiary/aromatic N) is 4. The summed E-state index contributed by atoms with van der Waals surface area (Å²) in [6.45, 7) is 2.33. The van der Waals surface area contributed by atoms with E-state index in [1.807, 2.05) is 36.4 Å². The van der Waals surface area contributed by atoms with Gasteiger partial charge in [-0.3, -0.25) is 9.36 Å². The molecule has 1 fully saturated rings. The van der Waals surface area contributed by atoms with Crippen LogP contribution in [0.15, 0.2) is 48.8 Å². The SMILES string of the molecule is CNc1nc(N)nc2c1ncn2C1OC(CO[P@](=S)(N[C@@H](C)C(=O)OC(C)C)Oc2cccc3ccccc23)[C@@H](O)[C@@]1(C)F. The van der Waals surface area contributed by atoms with Crippen molar-refractivity contribution in [2.24, 2.45) is 0 Å². The summed E-state index contributed by atoms with van der Waals surface area (Å²) >= 11 is 5.86. The highest BCUT2D eigenvalue weighted by Gasteiger charge is 2.56. The number of rotatable bonds is 11. The van der Waals surface area contributed by atoms with E-state index in [4.69, 9.17) is 36.1 Å². The average Bonchev–Trinajstić information content (AvgIpc) is 3.48. The van der Waals surface area contributed by atoms with Crippen molar-refractivity contribution in [3.8, 4) is 5.75 Å². The topological polar surface area (TPSA) is 168 Å². The summed E-state index contributed by atoms with van der Waals surface area (Å²) in [7, 11) is 1.64. The van der Waals surface area contributed by atoms with Crippen LogP contribution < -0.4 is 20.7 Å². The lowest BCUT2D eigenvalue weighted by atomic mass is 9.98. The molecule has 2 unspecified atom stereocenters. The highest BCUT2D eigenvalue weighted by atomic mass is 32.5. The van der Waals surface area contributed by atoms with Crippen molar-refractivity contribution in [1.29, 1.82) is 0 Å². The van der Waals surface area contributed by atoms with Crippen molar-refractivity contribution in [1.82, 2.24) is 24.6 Å². The minimum absolute atomic E-state index is 0.0509. The van der Waals surface area contributed by atoms with E-state index in [2.05, 4.69) is 25.4 Å². The lowest BCUT2D eigenvalue weighted by Crippen LogP contribution is -2.41. The molecule has 5 N–H and O–H groups in total. The summed E-state index contributed by atoms with van der Waals surface area (Å²) in [6, 6.07) is 12.1. The number of aliphatic hydroxyl groups excluding tert-OH is 1. The lowest BCUT2D eigenvalue weighted by Gasteiger charge is -2.28. The largest absolute Gasteiger partial charge is 0.462 e. The van der Waals surface area contributed by atoms with Crippen molar-refractivity contribution in [3.63, 3.8) is 0 Å². The van der Waals surface area contributed by atoms with Crippen LogP contribution in [0.5, 0.6) is 5.75 Å². The van der Waals surface area contributed by atoms with Gasteiger partial charge in [-0.25, -0.2) is 14.5 Å². The van der Waals surface area contributed by atoms with Gasteiger partial charge in [0.25, 0.3) is 0 Å². The minimum Gasteiger partial charge on any atom is -0.462 e. The molecule has 44 heavy (non-hydrogen) atoms. The average molecular weight is 648 g/mol. The van der Waals surface area contributed by atoms with Gasteiger partial charge in [-0.2, -0.15) is 9.97 Å². The number of benzene rings is 2. The number of nitrogens with one attached hydrogen (secondary N) is 2. The van der Waals surface area contributed by atoms with Gasteiger partial charge in [0.1, 0.15) is 24.0 Å². The molecular formula is C28H35FN7O6PS. The summed E-state index contributed by atoms with van der Waals surface area (Å²) in [5, 5.41) is 18.6. The van der Waals surface area contributed by atoms with E-state index < -0.39 is 42.8 Å². The van der Waals surface area contributed by atoms with Crippen LogP contribution in [0.4, 0.5) is 16.2 Å².